The van der Waals surface area contributed by atoms with Crippen molar-refractivity contribution < 1.29 is 4.74 Å². The number of hydrogen-bond acceptors (Lipinski definition) is 8. The Morgan fingerprint density at radius 1 is 1.32 bits per heavy atom. The maximum Gasteiger partial charge on any atom is 0.323 e. The normalized spacial score (nSPS) is 22.3. The Morgan fingerprint density at radius 3 is 2.79 bits per heavy atom. The first kappa shape index (κ1) is 14.1. The van der Waals surface area contributed by atoms with Gasteiger partial charge in [-0.1, -0.05) is 6.42 Å². The van der Waals surface area contributed by atoms with Crippen molar-refractivity contribution in [3.05, 3.63) is 0 Å². The van der Waals surface area contributed by atoms with Crippen molar-refractivity contribution in [1.29, 1.82) is 0 Å². The van der Waals surface area contributed by atoms with E-state index in [0.717, 1.165) is 6.42 Å². The number of nitrogens with two attached hydrogens (primary N) is 1. The van der Waals surface area contributed by atoms with Gasteiger partial charge in [-0.2, -0.15) is 26.7 Å². The molecular formula is C11H20N6OS. The number of ether oxygens (including phenoxy) is 1. The third-order valence-electron chi connectivity index (χ3n) is 3.09. The fourth-order valence-electron chi connectivity index (χ4n) is 2.22. The molecule has 0 amide bonds. The summed E-state index contributed by atoms with van der Waals surface area (Å²) in [6, 6.07) is 0.671. The first-order valence-electron chi connectivity index (χ1n) is 6.41. The van der Waals surface area contributed by atoms with Crippen molar-refractivity contribution in [2.24, 2.45) is 5.84 Å². The second-order valence-electron chi connectivity index (χ2n) is 4.30. The van der Waals surface area contributed by atoms with Gasteiger partial charge >= 0.3 is 6.01 Å². The van der Waals surface area contributed by atoms with Crippen LogP contribution in [0.5, 0.6) is 6.01 Å². The van der Waals surface area contributed by atoms with Crippen LogP contribution < -0.4 is 21.3 Å². The Bertz CT molecular complexity index is 418. The molecule has 1 heterocycles. The summed E-state index contributed by atoms with van der Waals surface area (Å²) >= 11 is 1.88. The molecule has 1 saturated carbocycles. The number of aromatic nitrogens is 3. The van der Waals surface area contributed by atoms with E-state index in [2.05, 4.69) is 32.0 Å². The van der Waals surface area contributed by atoms with Crippen LogP contribution >= 0.6 is 11.8 Å². The third kappa shape index (κ3) is 3.60. The van der Waals surface area contributed by atoms with Crippen LogP contribution in [0.3, 0.4) is 0 Å². The minimum atomic E-state index is 0.284. The van der Waals surface area contributed by atoms with E-state index in [-0.39, 0.29) is 6.01 Å². The highest BCUT2D eigenvalue weighted by molar-refractivity contribution is 7.99. The molecule has 1 aromatic heterocycles. The Hall–Kier alpha value is -1.28. The third-order valence-corrected chi connectivity index (χ3v) is 4.26. The Morgan fingerprint density at radius 2 is 2.11 bits per heavy atom. The van der Waals surface area contributed by atoms with Crippen LogP contribution in [-0.2, 0) is 0 Å². The van der Waals surface area contributed by atoms with Crippen molar-refractivity contribution in [1.82, 2.24) is 15.0 Å². The first-order valence-corrected chi connectivity index (χ1v) is 7.70. The molecule has 2 rings (SSSR count). The highest BCUT2D eigenvalue weighted by atomic mass is 32.2. The number of thioether (sulfide) groups is 1. The van der Waals surface area contributed by atoms with Gasteiger partial charge in [-0.15, -0.1) is 0 Å². The predicted molar refractivity (Wildman–Crippen MR) is 77.4 cm³/mol. The van der Waals surface area contributed by atoms with Crippen molar-refractivity contribution >= 4 is 23.7 Å². The van der Waals surface area contributed by atoms with Crippen LogP contribution in [0.4, 0.5) is 11.9 Å². The number of anilines is 2. The van der Waals surface area contributed by atoms with E-state index in [1.165, 1.54) is 12.8 Å². The molecule has 0 spiro atoms. The summed E-state index contributed by atoms with van der Waals surface area (Å²) in [6.45, 7) is 2.39. The molecule has 106 valence electrons. The van der Waals surface area contributed by atoms with Gasteiger partial charge in [0.1, 0.15) is 0 Å². The number of hydrogen-bond donors (Lipinski definition) is 3. The second-order valence-corrected chi connectivity index (χ2v) is 5.38. The van der Waals surface area contributed by atoms with Crippen molar-refractivity contribution in [3.63, 3.8) is 0 Å². The van der Waals surface area contributed by atoms with Gasteiger partial charge in [0, 0.05) is 11.3 Å². The molecule has 1 aliphatic rings. The van der Waals surface area contributed by atoms with Crippen LogP contribution in [0.1, 0.15) is 26.2 Å². The molecule has 0 aromatic carbocycles. The lowest BCUT2D eigenvalue weighted by Crippen LogP contribution is -2.27. The number of nitrogen functional groups attached to an aromatic ring is 1. The molecule has 4 N–H and O–H groups in total. The van der Waals surface area contributed by atoms with Crippen molar-refractivity contribution in [3.8, 4) is 6.01 Å². The number of nitrogens with one attached hydrogen (secondary N) is 2. The fourth-order valence-corrected chi connectivity index (χ4v) is 3.15. The summed E-state index contributed by atoms with van der Waals surface area (Å²) < 4.78 is 5.30. The van der Waals surface area contributed by atoms with E-state index in [1.54, 1.807) is 0 Å². The SMILES string of the molecule is CCOc1nc(NN)nc(NC2CCCC2SC)n1. The van der Waals surface area contributed by atoms with E-state index in [9.17, 15) is 0 Å². The highest BCUT2D eigenvalue weighted by Crippen LogP contribution is 2.30. The minimum Gasteiger partial charge on any atom is -0.464 e. The molecule has 2 unspecified atom stereocenters. The molecule has 7 nitrogen and oxygen atoms in total. The number of rotatable bonds is 6. The molecular weight excluding hydrogens is 264 g/mol. The van der Waals surface area contributed by atoms with E-state index < -0.39 is 0 Å². The van der Waals surface area contributed by atoms with Crippen LogP contribution in [0.15, 0.2) is 0 Å². The zero-order valence-corrected chi connectivity index (χ0v) is 12.0. The number of hydrazine groups is 1. The maximum absolute atomic E-state index is 5.36. The smallest absolute Gasteiger partial charge is 0.323 e. The summed E-state index contributed by atoms with van der Waals surface area (Å²) in [5, 5.41) is 3.96. The average Bonchev–Trinajstić information content (AvgIpc) is 2.86. The predicted octanol–water partition coefficient (Wildman–Crippen LogP) is 1.25. The summed E-state index contributed by atoms with van der Waals surface area (Å²) in [5.74, 6) is 6.17. The van der Waals surface area contributed by atoms with Gasteiger partial charge in [0.05, 0.1) is 6.61 Å². The van der Waals surface area contributed by atoms with Crippen LogP contribution in [0, 0.1) is 0 Å². The maximum atomic E-state index is 5.36. The highest BCUT2D eigenvalue weighted by Gasteiger charge is 2.27. The fraction of sp³-hybridized carbons (Fsp3) is 0.727. The van der Waals surface area contributed by atoms with Gasteiger partial charge in [0.15, 0.2) is 0 Å². The Labute approximate surface area is 117 Å². The molecule has 19 heavy (non-hydrogen) atoms. The van der Waals surface area contributed by atoms with Crippen molar-refractivity contribution in [2.75, 3.05) is 23.6 Å². The summed E-state index contributed by atoms with van der Waals surface area (Å²) in [7, 11) is 0. The van der Waals surface area contributed by atoms with E-state index in [0.29, 0.717) is 29.8 Å². The summed E-state index contributed by atoms with van der Waals surface area (Å²) in [6.07, 6.45) is 5.72. The molecule has 1 aromatic rings. The molecule has 1 fully saturated rings. The van der Waals surface area contributed by atoms with Gasteiger partial charge < -0.3 is 10.1 Å². The van der Waals surface area contributed by atoms with E-state index in [1.807, 2.05) is 18.7 Å². The zero-order valence-electron chi connectivity index (χ0n) is 11.2. The second kappa shape index (κ2) is 6.76. The molecule has 0 saturated heterocycles. The lowest BCUT2D eigenvalue weighted by atomic mass is 10.2. The first-order chi connectivity index (χ1) is 9.26. The average molecular weight is 284 g/mol. The molecule has 2 atom stereocenters. The summed E-state index contributed by atoms with van der Waals surface area (Å²) in [4.78, 5) is 12.5. The minimum absolute atomic E-state index is 0.284. The van der Waals surface area contributed by atoms with Gasteiger partial charge in [-0.05, 0) is 26.0 Å². The quantitative estimate of drug-likeness (QED) is 0.530. The topological polar surface area (TPSA) is 98.0 Å². The van der Waals surface area contributed by atoms with E-state index in [4.69, 9.17) is 10.6 Å². The monoisotopic (exact) mass is 284 g/mol. The van der Waals surface area contributed by atoms with Gasteiger partial charge in [0.25, 0.3) is 0 Å². The molecule has 8 heteroatoms. The molecule has 0 radical (unpaired) electrons. The van der Waals surface area contributed by atoms with Crippen molar-refractivity contribution in [2.45, 2.75) is 37.5 Å². The van der Waals surface area contributed by atoms with E-state index >= 15 is 0 Å². The lowest BCUT2D eigenvalue weighted by molar-refractivity contribution is 0.312. The summed E-state index contributed by atoms with van der Waals surface area (Å²) in [5.41, 5.74) is 2.43. The largest absolute Gasteiger partial charge is 0.464 e. The Kier molecular flexibility index (Phi) is 5.03. The van der Waals surface area contributed by atoms with Gasteiger partial charge in [-0.25, -0.2) is 5.84 Å². The number of nitrogens with zero attached hydrogens (tertiary/aromatic N) is 3. The molecule has 0 aliphatic heterocycles. The molecule has 1 aliphatic carbocycles. The lowest BCUT2D eigenvalue weighted by Gasteiger charge is -2.19. The van der Waals surface area contributed by atoms with Crippen LogP contribution in [0.2, 0.25) is 0 Å². The zero-order chi connectivity index (χ0) is 13.7. The van der Waals surface area contributed by atoms with Gasteiger partial charge in [-0.3, -0.25) is 5.43 Å². The van der Waals surface area contributed by atoms with Crippen LogP contribution in [-0.4, -0.2) is 39.1 Å². The standard InChI is InChI=1S/C11H20N6OS/c1-3-18-11-15-9(14-10(16-11)17-12)13-7-5-4-6-8(7)19-2/h7-8H,3-6,12H2,1-2H3,(H2,13,14,15,16,17). The van der Waals surface area contributed by atoms with Crippen LogP contribution in [0.25, 0.3) is 0 Å². The van der Waals surface area contributed by atoms with Gasteiger partial charge in [0.2, 0.25) is 11.9 Å². The molecule has 0 bridgehead atoms. The Balaban J connectivity index is 2.12.